The van der Waals surface area contributed by atoms with E-state index >= 15 is 0 Å². The van der Waals surface area contributed by atoms with Gasteiger partial charge in [-0.1, -0.05) is 19.9 Å². The summed E-state index contributed by atoms with van der Waals surface area (Å²) in [4.78, 5) is 24.6. The Morgan fingerprint density at radius 1 is 1.48 bits per heavy atom. The van der Waals surface area contributed by atoms with Crippen molar-refractivity contribution in [1.29, 1.82) is 0 Å². The van der Waals surface area contributed by atoms with E-state index in [1.807, 2.05) is 11.1 Å². The van der Waals surface area contributed by atoms with E-state index in [0.717, 1.165) is 12.8 Å². The van der Waals surface area contributed by atoms with Crippen LogP contribution >= 0.6 is 0 Å². The molecule has 0 radical (unpaired) electrons. The summed E-state index contributed by atoms with van der Waals surface area (Å²) in [5.41, 5.74) is 5.86. The van der Waals surface area contributed by atoms with Crippen LogP contribution in [0.4, 0.5) is 0 Å². The lowest BCUT2D eigenvalue weighted by atomic mass is 10.1. The number of hydrogen-bond donors (Lipinski definition) is 1. The summed E-state index contributed by atoms with van der Waals surface area (Å²) in [6, 6.07) is 0. The highest BCUT2D eigenvalue weighted by Gasteiger charge is 2.31. The zero-order chi connectivity index (χ0) is 15.4. The average Bonchev–Trinajstić information content (AvgIpc) is 2.93. The molecule has 0 bridgehead atoms. The number of rotatable bonds is 5. The molecule has 2 heterocycles. The van der Waals surface area contributed by atoms with Crippen LogP contribution in [0.25, 0.3) is 0 Å². The van der Waals surface area contributed by atoms with Crippen LogP contribution in [-0.2, 0) is 19.1 Å². The second-order valence-electron chi connectivity index (χ2n) is 5.64. The summed E-state index contributed by atoms with van der Waals surface area (Å²) < 4.78 is 11.1. The third-order valence-electron chi connectivity index (χ3n) is 3.58. The van der Waals surface area contributed by atoms with Crippen LogP contribution in [-0.4, -0.2) is 42.3 Å². The second-order valence-corrected chi connectivity index (χ2v) is 5.64. The van der Waals surface area contributed by atoms with Crippen LogP contribution in [0.2, 0.25) is 0 Å². The molecule has 6 nitrogen and oxygen atoms in total. The van der Waals surface area contributed by atoms with Crippen molar-refractivity contribution in [1.82, 2.24) is 4.90 Å². The van der Waals surface area contributed by atoms with E-state index in [1.165, 1.54) is 0 Å². The third-order valence-corrected chi connectivity index (χ3v) is 3.58. The molecular formula is C15H22N2O4. The lowest BCUT2D eigenvalue weighted by Gasteiger charge is -2.29. The van der Waals surface area contributed by atoms with E-state index < -0.39 is 5.91 Å². The Bertz CT molecular complexity index is 470. The number of amides is 1. The SMILES string of the molecule is CC(C)C(=O)OC[C@@H]1CC[C@H](N2C=CC=C(C(N)=O)C2)O1. The van der Waals surface area contributed by atoms with Gasteiger partial charge in [-0.25, -0.2) is 0 Å². The van der Waals surface area contributed by atoms with Crippen LogP contribution in [0.15, 0.2) is 23.9 Å². The molecule has 2 aliphatic rings. The normalized spacial score (nSPS) is 25.1. The number of esters is 1. The molecule has 2 atom stereocenters. The van der Waals surface area contributed by atoms with Crippen LogP contribution in [0.1, 0.15) is 26.7 Å². The molecule has 21 heavy (non-hydrogen) atoms. The summed E-state index contributed by atoms with van der Waals surface area (Å²) in [5, 5.41) is 0. The first-order valence-corrected chi connectivity index (χ1v) is 7.22. The van der Waals surface area contributed by atoms with Crippen molar-refractivity contribution >= 4 is 11.9 Å². The Kier molecular flexibility index (Phi) is 5.01. The average molecular weight is 294 g/mol. The second kappa shape index (κ2) is 6.76. The molecule has 0 saturated carbocycles. The Hall–Kier alpha value is -1.82. The standard InChI is InChI=1S/C15H22N2O4/c1-10(2)15(19)20-9-12-5-6-13(21-12)17-7-3-4-11(8-17)14(16)18/h3-4,7,10,12-13H,5-6,8-9H2,1-2H3,(H2,16,18)/t12-,13+/m0/s1. The lowest BCUT2D eigenvalue weighted by molar-refractivity contribution is -0.152. The van der Waals surface area contributed by atoms with Crippen molar-refractivity contribution < 1.29 is 19.1 Å². The number of carbonyl (C=O) groups is 2. The molecule has 2 N–H and O–H groups in total. The maximum Gasteiger partial charge on any atom is 0.308 e. The lowest BCUT2D eigenvalue weighted by Crippen LogP contribution is -2.36. The molecule has 6 heteroatoms. The van der Waals surface area contributed by atoms with Gasteiger partial charge in [-0.2, -0.15) is 0 Å². The summed E-state index contributed by atoms with van der Waals surface area (Å²) in [6.07, 6.45) is 6.87. The van der Waals surface area contributed by atoms with Crippen molar-refractivity contribution in [3.05, 3.63) is 23.9 Å². The smallest absolute Gasteiger partial charge is 0.308 e. The first-order valence-electron chi connectivity index (χ1n) is 7.22. The minimum Gasteiger partial charge on any atom is -0.463 e. The maximum atomic E-state index is 11.4. The van der Waals surface area contributed by atoms with E-state index in [4.69, 9.17) is 15.2 Å². The van der Waals surface area contributed by atoms with E-state index in [2.05, 4.69) is 0 Å². The van der Waals surface area contributed by atoms with Gasteiger partial charge in [-0.3, -0.25) is 9.59 Å². The minimum atomic E-state index is -0.412. The number of nitrogens with zero attached hydrogens (tertiary/aromatic N) is 1. The van der Waals surface area contributed by atoms with Gasteiger partial charge in [0.2, 0.25) is 5.91 Å². The number of ether oxygens (including phenoxy) is 2. The first kappa shape index (κ1) is 15.6. The van der Waals surface area contributed by atoms with E-state index in [1.54, 1.807) is 26.0 Å². The Balaban J connectivity index is 1.80. The third kappa shape index (κ3) is 4.07. The van der Waals surface area contributed by atoms with Gasteiger partial charge in [0.05, 0.1) is 18.6 Å². The number of primary amides is 1. The van der Waals surface area contributed by atoms with Gasteiger partial charge in [-0.05, 0) is 18.9 Å². The summed E-state index contributed by atoms with van der Waals surface area (Å²) >= 11 is 0. The van der Waals surface area contributed by atoms with Gasteiger partial charge in [0.25, 0.3) is 0 Å². The Labute approximate surface area is 124 Å². The predicted octanol–water partition coefficient (Wildman–Crippen LogP) is 0.932. The maximum absolute atomic E-state index is 11.4. The molecule has 116 valence electrons. The molecular weight excluding hydrogens is 272 g/mol. The summed E-state index contributed by atoms with van der Waals surface area (Å²) in [7, 11) is 0. The molecule has 0 aromatic rings. The summed E-state index contributed by atoms with van der Waals surface area (Å²) in [6.45, 7) is 4.34. The molecule has 0 aromatic carbocycles. The molecule has 0 aliphatic carbocycles. The van der Waals surface area contributed by atoms with Crippen LogP contribution < -0.4 is 5.73 Å². The van der Waals surface area contributed by atoms with Gasteiger partial charge in [0, 0.05) is 11.8 Å². The highest BCUT2D eigenvalue weighted by molar-refractivity contribution is 5.92. The molecule has 0 unspecified atom stereocenters. The van der Waals surface area contributed by atoms with E-state index in [9.17, 15) is 9.59 Å². The zero-order valence-electron chi connectivity index (χ0n) is 12.5. The van der Waals surface area contributed by atoms with Gasteiger partial charge < -0.3 is 20.1 Å². The van der Waals surface area contributed by atoms with Crippen molar-refractivity contribution in [3.8, 4) is 0 Å². The van der Waals surface area contributed by atoms with Crippen LogP contribution in [0.5, 0.6) is 0 Å². The Morgan fingerprint density at radius 2 is 2.24 bits per heavy atom. The number of allylic oxidation sites excluding steroid dienone is 2. The van der Waals surface area contributed by atoms with Gasteiger partial charge >= 0.3 is 5.97 Å². The molecule has 1 amide bonds. The zero-order valence-corrected chi connectivity index (χ0v) is 12.5. The molecule has 2 aliphatic heterocycles. The van der Waals surface area contributed by atoms with Crippen molar-refractivity contribution in [2.45, 2.75) is 39.0 Å². The van der Waals surface area contributed by atoms with Crippen molar-refractivity contribution in [2.75, 3.05) is 13.2 Å². The summed E-state index contributed by atoms with van der Waals surface area (Å²) in [5.74, 6) is -0.751. The predicted molar refractivity (Wildman–Crippen MR) is 76.8 cm³/mol. The van der Waals surface area contributed by atoms with E-state index in [-0.39, 0.29) is 30.8 Å². The highest BCUT2D eigenvalue weighted by atomic mass is 16.6. The fraction of sp³-hybridized carbons (Fsp3) is 0.600. The molecule has 0 aromatic heterocycles. The number of nitrogens with two attached hydrogens (primary N) is 1. The van der Waals surface area contributed by atoms with Crippen molar-refractivity contribution in [2.24, 2.45) is 11.7 Å². The number of hydrogen-bond acceptors (Lipinski definition) is 5. The molecule has 1 fully saturated rings. The first-order chi connectivity index (χ1) is 9.97. The van der Waals surface area contributed by atoms with Crippen molar-refractivity contribution in [3.63, 3.8) is 0 Å². The fourth-order valence-corrected chi connectivity index (χ4v) is 2.32. The van der Waals surface area contributed by atoms with Gasteiger partial charge in [0.1, 0.15) is 12.8 Å². The van der Waals surface area contributed by atoms with Crippen LogP contribution in [0.3, 0.4) is 0 Å². The van der Waals surface area contributed by atoms with Gasteiger partial charge in [0.15, 0.2) is 0 Å². The Morgan fingerprint density at radius 3 is 2.90 bits per heavy atom. The molecule has 0 spiro atoms. The fourth-order valence-electron chi connectivity index (χ4n) is 2.32. The molecule has 2 rings (SSSR count). The quantitative estimate of drug-likeness (QED) is 0.763. The van der Waals surface area contributed by atoms with E-state index in [0.29, 0.717) is 12.1 Å². The number of carbonyl (C=O) groups excluding carboxylic acids is 2. The monoisotopic (exact) mass is 294 g/mol. The highest BCUT2D eigenvalue weighted by Crippen LogP contribution is 2.25. The van der Waals surface area contributed by atoms with Crippen LogP contribution in [0, 0.1) is 5.92 Å². The molecule has 1 saturated heterocycles. The van der Waals surface area contributed by atoms with Gasteiger partial charge in [-0.15, -0.1) is 0 Å². The minimum absolute atomic E-state index is 0.0889. The largest absolute Gasteiger partial charge is 0.463 e. The topological polar surface area (TPSA) is 81.9 Å².